The topological polar surface area (TPSA) is 78.1 Å². The van der Waals surface area contributed by atoms with E-state index in [0.717, 1.165) is 86.4 Å². The van der Waals surface area contributed by atoms with Gasteiger partial charge in [0, 0.05) is 48.2 Å². The number of ether oxygens (including phenoxy) is 2. The fraction of sp³-hybridized carbons (Fsp3) is 0.579. The molecule has 1 aromatic heterocycles. The molecule has 0 radical (unpaired) electrons. The van der Waals surface area contributed by atoms with E-state index in [0.29, 0.717) is 42.9 Å². The molecule has 0 bridgehead atoms. The number of hydrogen-bond acceptors (Lipinski definition) is 5. The van der Waals surface area contributed by atoms with Crippen molar-refractivity contribution in [1.29, 1.82) is 0 Å². The van der Waals surface area contributed by atoms with Gasteiger partial charge in [-0.2, -0.15) is 0 Å². The summed E-state index contributed by atoms with van der Waals surface area (Å²) >= 11 is 0. The van der Waals surface area contributed by atoms with E-state index in [4.69, 9.17) is 9.47 Å². The van der Waals surface area contributed by atoms with Gasteiger partial charge >= 0.3 is 0 Å². The summed E-state index contributed by atoms with van der Waals surface area (Å²) in [7, 11) is 3.33. The quantitative estimate of drug-likeness (QED) is 0.297. The minimum Gasteiger partial charge on any atom is -0.493 e. The number of rotatable bonds is 8. The summed E-state index contributed by atoms with van der Waals surface area (Å²) in [6.07, 6.45) is 6.03. The standard InChI is InChI=1S/C38H52N4O4/c1-24(2)36-31-20-28(11-13-32(31)39-37(36)29-12-14-33(45-5)34(21-29)46-6)27-15-18-41(19-16-27)35(43)23-40-17-7-8-30(22-40)38(44)42-25(3)9-10-26(42)4/h11-14,20-21,24-27,30,39H,7-10,15-19,22-23H2,1-6H3/t25?,26?,30-/m1/s1. The van der Waals surface area contributed by atoms with Crippen LogP contribution >= 0.6 is 0 Å². The maximum absolute atomic E-state index is 13.4. The smallest absolute Gasteiger partial charge is 0.236 e. The van der Waals surface area contributed by atoms with Gasteiger partial charge in [-0.25, -0.2) is 0 Å². The van der Waals surface area contributed by atoms with Crippen LogP contribution in [0.3, 0.4) is 0 Å². The molecular weight excluding hydrogens is 576 g/mol. The fourth-order valence-corrected chi connectivity index (χ4v) is 8.30. The first-order chi connectivity index (χ1) is 22.2. The van der Waals surface area contributed by atoms with Gasteiger partial charge in [0.2, 0.25) is 11.8 Å². The Kier molecular flexibility index (Phi) is 9.64. The number of H-pyrrole nitrogens is 1. The number of hydrogen-bond donors (Lipinski definition) is 1. The van der Waals surface area contributed by atoms with Crippen molar-refractivity contribution >= 4 is 22.7 Å². The van der Waals surface area contributed by atoms with Crippen molar-refractivity contribution in [3.8, 4) is 22.8 Å². The van der Waals surface area contributed by atoms with E-state index < -0.39 is 0 Å². The van der Waals surface area contributed by atoms with E-state index in [2.05, 4.69) is 71.6 Å². The molecule has 3 saturated heterocycles. The Balaban J connectivity index is 1.10. The Labute approximate surface area is 274 Å². The molecule has 2 aromatic carbocycles. The van der Waals surface area contributed by atoms with Crippen molar-refractivity contribution in [2.75, 3.05) is 46.9 Å². The first kappa shape index (κ1) is 32.4. The van der Waals surface area contributed by atoms with E-state index in [1.165, 1.54) is 16.5 Å². The van der Waals surface area contributed by atoms with Crippen molar-refractivity contribution in [1.82, 2.24) is 19.7 Å². The molecule has 8 nitrogen and oxygen atoms in total. The summed E-state index contributed by atoms with van der Waals surface area (Å²) in [6, 6.07) is 13.6. The Morgan fingerprint density at radius 2 is 1.61 bits per heavy atom. The zero-order valence-corrected chi connectivity index (χ0v) is 28.6. The number of aromatic nitrogens is 1. The number of piperidine rings is 2. The van der Waals surface area contributed by atoms with Crippen molar-refractivity contribution in [2.45, 2.75) is 90.1 Å². The normalized spacial score (nSPS) is 23.0. The van der Waals surface area contributed by atoms with Gasteiger partial charge in [-0.15, -0.1) is 0 Å². The molecule has 6 rings (SSSR count). The largest absolute Gasteiger partial charge is 0.493 e. The summed E-state index contributed by atoms with van der Waals surface area (Å²) in [5.41, 5.74) is 5.99. The average molecular weight is 629 g/mol. The number of nitrogens with one attached hydrogen (secondary N) is 1. The highest BCUT2D eigenvalue weighted by molar-refractivity contribution is 5.92. The zero-order valence-electron chi connectivity index (χ0n) is 28.6. The molecule has 8 heteroatoms. The second kappa shape index (κ2) is 13.7. The number of methoxy groups -OCH3 is 2. The maximum Gasteiger partial charge on any atom is 0.236 e. The monoisotopic (exact) mass is 628 g/mol. The number of likely N-dealkylation sites (tertiary alicyclic amines) is 3. The van der Waals surface area contributed by atoms with Crippen molar-refractivity contribution in [2.24, 2.45) is 5.92 Å². The van der Waals surface area contributed by atoms with Crippen molar-refractivity contribution in [3.05, 3.63) is 47.5 Å². The lowest BCUT2D eigenvalue weighted by molar-refractivity contribution is -0.141. The minimum atomic E-state index is 0.0154. The van der Waals surface area contributed by atoms with Gasteiger partial charge in [-0.1, -0.05) is 19.9 Å². The number of fused-ring (bicyclic) bond motifs is 1. The van der Waals surface area contributed by atoms with Crippen molar-refractivity contribution in [3.63, 3.8) is 0 Å². The molecule has 3 fully saturated rings. The van der Waals surface area contributed by atoms with Crippen LogP contribution in [-0.4, -0.2) is 90.5 Å². The van der Waals surface area contributed by atoms with Crippen LogP contribution in [0.5, 0.6) is 11.5 Å². The first-order valence-corrected chi connectivity index (χ1v) is 17.4. The Bertz CT molecular complexity index is 1550. The van der Waals surface area contributed by atoms with Gasteiger partial charge in [-0.3, -0.25) is 14.5 Å². The molecule has 3 atom stereocenters. The molecule has 0 aliphatic carbocycles. The molecule has 1 N–H and O–H groups in total. The molecule has 248 valence electrons. The fourth-order valence-electron chi connectivity index (χ4n) is 8.30. The van der Waals surface area contributed by atoms with Gasteiger partial charge in [-0.05, 0) is 112 Å². The third-order valence-corrected chi connectivity index (χ3v) is 10.9. The van der Waals surface area contributed by atoms with Crippen LogP contribution in [0.15, 0.2) is 36.4 Å². The molecule has 3 aliphatic heterocycles. The van der Waals surface area contributed by atoms with E-state index >= 15 is 0 Å². The van der Waals surface area contributed by atoms with Crippen LogP contribution in [0.25, 0.3) is 22.2 Å². The number of benzene rings is 2. The van der Waals surface area contributed by atoms with Gasteiger partial charge < -0.3 is 24.3 Å². The molecule has 0 spiro atoms. The van der Waals surface area contributed by atoms with Crippen LogP contribution in [0, 0.1) is 5.92 Å². The van der Waals surface area contributed by atoms with Gasteiger partial charge in [0.1, 0.15) is 0 Å². The number of carbonyl (C=O) groups is 2. The van der Waals surface area contributed by atoms with Crippen LogP contribution in [0.4, 0.5) is 0 Å². The lowest BCUT2D eigenvalue weighted by Crippen LogP contribution is -2.50. The summed E-state index contributed by atoms with van der Waals surface area (Å²) in [5, 5.41) is 1.27. The highest BCUT2D eigenvalue weighted by atomic mass is 16.5. The second-order valence-corrected chi connectivity index (χ2v) is 14.2. The van der Waals surface area contributed by atoms with E-state index in [9.17, 15) is 9.59 Å². The van der Waals surface area contributed by atoms with Crippen LogP contribution < -0.4 is 9.47 Å². The van der Waals surface area contributed by atoms with E-state index in [1.54, 1.807) is 14.2 Å². The third-order valence-electron chi connectivity index (χ3n) is 10.9. The lowest BCUT2D eigenvalue weighted by Gasteiger charge is -2.38. The third kappa shape index (κ3) is 6.38. The number of carbonyl (C=O) groups excluding carboxylic acids is 2. The lowest BCUT2D eigenvalue weighted by atomic mass is 9.87. The van der Waals surface area contributed by atoms with Crippen LogP contribution in [-0.2, 0) is 9.59 Å². The summed E-state index contributed by atoms with van der Waals surface area (Å²) < 4.78 is 11.1. The molecule has 3 aliphatic rings. The van der Waals surface area contributed by atoms with E-state index in [1.807, 2.05) is 12.1 Å². The van der Waals surface area contributed by atoms with Crippen LogP contribution in [0.1, 0.15) is 89.2 Å². The average Bonchev–Trinajstić information content (AvgIpc) is 3.62. The highest BCUT2D eigenvalue weighted by Crippen LogP contribution is 2.40. The molecule has 2 unspecified atom stereocenters. The summed E-state index contributed by atoms with van der Waals surface area (Å²) in [5.74, 6) is 2.71. The molecule has 0 saturated carbocycles. The predicted molar refractivity (Wildman–Crippen MR) is 184 cm³/mol. The first-order valence-electron chi connectivity index (χ1n) is 17.4. The summed E-state index contributed by atoms with van der Waals surface area (Å²) in [4.78, 5) is 36.9. The molecule has 3 aromatic rings. The number of nitrogens with zero attached hydrogens (tertiary/aromatic N) is 3. The molecule has 4 heterocycles. The predicted octanol–water partition coefficient (Wildman–Crippen LogP) is 6.79. The van der Waals surface area contributed by atoms with Crippen LogP contribution in [0.2, 0.25) is 0 Å². The van der Waals surface area contributed by atoms with Gasteiger partial charge in [0.05, 0.1) is 32.4 Å². The van der Waals surface area contributed by atoms with Gasteiger partial charge in [0.25, 0.3) is 0 Å². The summed E-state index contributed by atoms with van der Waals surface area (Å²) in [6.45, 7) is 12.4. The van der Waals surface area contributed by atoms with E-state index in [-0.39, 0.29) is 11.8 Å². The highest BCUT2D eigenvalue weighted by Gasteiger charge is 2.37. The Morgan fingerprint density at radius 1 is 0.891 bits per heavy atom. The minimum absolute atomic E-state index is 0.0154. The number of amides is 2. The molecule has 46 heavy (non-hydrogen) atoms. The van der Waals surface area contributed by atoms with Gasteiger partial charge in [0.15, 0.2) is 11.5 Å². The Hall–Kier alpha value is -3.52. The Morgan fingerprint density at radius 3 is 2.28 bits per heavy atom. The second-order valence-electron chi connectivity index (χ2n) is 14.2. The zero-order chi connectivity index (χ0) is 32.5. The number of aromatic amines is 1. The van der Waals surface area contributed by atoms with Crippen molar-refractivity contribution < 1.29 is 19.1 Å². The SMILES string of the molecule is COc1ccc(-c2[nH]c3ccc(C4CCN(C(=O)CN5CCC[C@@H](C(=O)N6C(C)CCC6C)C5)CC4)cc3c2C(C)C)cc1OC. The molecule has 2 amide bonds. The molecular formula is C38H52N4O4. The maximum atomic E-state index is 13.4.